The van der Waals surface area contributed by atoms with Gasteiger partial charge < -0.3 is 10.1 Å². The molecule has 3 heteroatoms. The van der Waals surface area contributed by atoms with E-state index in [9.17, 15) is 0 Å². The first kappa shape index (κ1) is 14.3. The highest BCUT2D eigenvalue weighted by Crippen LogP contribution is 2.33. The second-order valence-electron chi connectivity index (χ2n) is 7.08. The van der Waals surface area contributed by atoms with Crippen LogP contribution in [0.4, 0.5) is 0 Å². The molecule has 0 aromatic carbocycles. The summed E-state index contributed by atoms with van der Waals surface area (Å²) in [7, 11) is 0. The van der Waals surface area contributed by atoms with Gasteiger partial charge in [-0.25, -0.2) is 0 Å². The van der Waals surface area contributed by atoms with E-state index in [0.29, 0.717) is 23.6 Å². The highest BCUT2D eigenvalue weighted by Gasteiger charge is 2.40. The predicted molar refractivity (Wildman–Crippen MR) is 75.8 cm³/mol. The molecule has 18 heavy (non-hydrogen) atoms. The number of hydrogen-bond acceptors (Lipinski definition) is 3. The molecule has 0 spiro atoms. The van der Waals surface area contributed by atoms with E-state index in [4.69, 9.17) is 4.74 Å². The van der Waals surface area contributed by atoms with Crippen molar-refractivity contribution in [3.63, 3.8) is 0 Å². The van der Waals surface area contributed by atoms with Gasteiger partial charge in [0.15, 0.2) is 0 Å². The van der Waals surface area contributed by atoms with Crippen molar-refractivity contribution in [2.24, 2.45) is 5.41 Å². The topological polar surface area (TPSA) is 24.5 Å². The third kappa shape index (κ3) is 3.06. The maximum atomic E-state index is 5.69. The van der Waals surface area contributed by atoms with Crippen LogP contribution < -0.4 is 5.32 Å². The molecule has 0 radical (unpaired) electrons. The maximum Gasteiger partial charge on any atom is 0.0604 e. The van der Waals surface area contributed by atoms with Crippen molar-refractivity contribution in [3.05, 3.63) is 0 Å². The van der Waals surface area contributed by atoms with E-state index in [1.165, 1.54) is 19.4 Å². The Kier molecular flexibility index (Phi) is 4.35. The van der Waals surface area contributed by atoms with E-state index >= 15 is 0 Å². The highest BCUT2D eigenvalue weighted by atomic mass is 16.5. The molecule has 2 aliphatic rings. The third-order valence-electron chi connectivity index (χ3n) is 4.61. The van der Waals surface area contributed by atoms with E-state index < -0.39 is 0 Å². The van der Waals surface area contributed by atoms with E-state index in [1.807, 2.05) is 0 Å². The fourth-order valence-electron chi connectivity index (χ4n) is 3.15. The van der Waals surface area contributed by atoms with Gasteiger partial charge >= 0.3 is 0 Å². The summed E-state index contributed by atoms with van der Waals surface area (Å²) in [5, 5.41) is 3.71. The quantitative estimate of drug-likeness (QED) is 0.836. The molecular formula is C15H30N2O. The molecule has 1 aliphatic carbocycles. The smallest absolute Gasteiger partial charge is 0.0604 e. The van der Waals surface area contributed by atoms with Crippen LogP contribution >= 0.6 is 0 Å². The summed E-state index contributed by atoms with van der Waals surface area (Å²) < 4.78 is 5.69. The largest absolute Gasteiger partial charge is 0.378 e. The van der Waals surface area contributed by atoms with Gasteiger partial charge in [0.25, 0.3) is 0 Å². The summed E-state index contributed by atoms with van der Waals surface area (Å²) in [5.74, 6) is 0. The van der Waals surface area contributed by atoms with Gasteiger partial charge in [-0.1, -0.05) is 20.8 Å². The Labute approximate surface area is 112 Å². The predicted octanol–water partition coefficient (Wildman–Crippen LogP) is 2.26. The van der Waals surface area contributed by atoms with Crippen LogP contribution in [0.25, 0.3) is 0 Å². The average Bonchev–Trinajstić information content (AvgIpc) is 2.22. The lowest BCUT2D eigenvalue weighted by Gasteiger charge is -2.51. The summed E-state index contributed by atoms with van der Waals surface area (Å²) in [6.45, 7) is 14.6. The number of rotatable bonds is 3. The number of piperazine rings is 1. The minimum Gasteiger partial charge on any atom is -0.378 e. The summed E-state index contributed by atoms with van der Waals surface area (Å²) >= 11 is 0. The summed E-state index contributed by atoms with van der Waals surface area (Å²) in [6, 6.07) is 2.03. The van der Waals surface area contributed by atoms with Crippen LogP contribution in [0.3, 0.4) is 0 Å². The van der Waals surface area contributed by atoms with Crippen LogP contribution in [0, 0.1) is 5.41 Å². The van der Waals surface area contributed by atoms with Crippen LogP contribution in [0.2, 0.25) is 0 Å². The molecule has 2 rings (SSSR count). The SMILES string of the molecule is CCOC1CC(N2CC(C(C)(C)C)NCC2C)C1. The average molecular weight is 254 g/mol. The molecule has 1 heterocycles. The Balaban J connectivity index is 1.87. The summed E-state index contributed by atoms with van der Waals surface area (Å²) in [6.07, 6.45) is 2.99. The summed E-state index contributed by atoms with van der Waals surface area (Å²) in [4.78, 5) is 2.71. The van der Waals surface area contributed by atoms with Crippen molar-refractivity contribution in [2.45, 2.75) is 71.7 Å². The molecule has 0 amide bonds. The first-order valence-electron chi connectivity index (χ1n) is 7.52. The number of nitrogens with zero attached hydrogens (tertiary/aromatic N) is 1. The summed E-state index contributed by atoms with van der Waals surface area (Å²) in [5.41, 5.74) is 0.349. The number of nitrogens with one attached hydrogen (secondary N) is 1. The first-order valence-corrected chi connectivity index (χ1v) is 7.52. The first-order chi connectivity index (χ1) is 8.41. The molecule has 106 valence electrons. The molecule has 3 nitrogen and oxygen atoms in total. The van der Waals surface area contributed by atoms with Crippen molar-refractivity contribution in [3.8, 4) is 0 Å². The van der Waals surface area contributed by atoms with Gasteiger partial charge in [-0.15, -0.1) is 0 Å². The van der Waals surface area contributed by atoms with Gasteiger partial charge in [0, 0.05) is 37.8 Å². The molecule has 0 aromatic rings. The van der Waals surface area contributed by atoms with Crippen LogP contribution in [0.15, 0.2) is 0 Å². The van der Waals surface area contributed by atoms with Gasteiger partial charge in [0.05, 0.1) is 6.10 Å². The Morgan fingerprint density at radius 2 is 1.94 bits per heavy atom. The normalized spacial score (nSPS) is 38.5. The third-order valence-corrected chi connectivity index (χ3v) is 4.61. The lowest BCUT2D eigenvalue weighted by atomic mass is 9.81. The molecule has 2 atom stereocenters. The van der Waals surface area contributed by atoms with Crippen molar-refractivity contribution >= 4 is 0 Å². The Morgan fingerprint density at radius 3 is 2.50 bits per heavy atom. The van der Waals surface area contributed by atoms with Crippen molar-refractivity contribution < 1.29 is 4.74 Å². The van der Waals surface area contributed by atoms with Crippen LogP contribution in [0.1, 0.15) is 47.5 Å². The van der Waals surface area contributed by atoms with Crippen LogP contribution in [-0.2, 0) is 4.74 Å². The van der Waals surface area contributed by atoms with Crippen LogP contribution in [0.5, 0.6) is 0 Å². The Morgan fingerprint density at radius 1 is 1.28 bits per heavy atom. The highest BCUT2D eigenvalue weighted by molar-refractivity contribution is 4.97. The standard InChI is InChI=1S/C15H30N2O/c1-6-18-13-7-12(8-13)17-10-14(15(3,4)5)16-9-11(17)2/h11-14,16H,6-10H2,1-5H3. The minimum absolute atomic E-state index is 0.349. The zero-order chi connectivity index (χ0) is 13.3. The van der Waals surface area contributed by atoms with E-state index in [1.54, 1.807) is 0 Å². The van der Waals surface area contributed by atoms with E-state index in [0.717, 1.165) is 19.2 Å². The zero-order valence-electron chi connectivity index (χ0n) is 12.7. The van der Waals surface area contributed by atoms with Gasteiger partial charge in [-0.2, -0.15) is 0 Å². The van der Waals surface area contributed by atoms with Crippen molar-refractivity contribution in [1.82, 2.24) is 10.2 Å². The molecule has 0 aromatic heterocycles. The second-order valence-corrected chi connectivity index (χ2v) is 7.08. The minimum atomic E-state index is 0.349. The monoisotopic (exact) mass is 254 g/mol. The lowest BCUT2D eigenvalue weighted by Crippen LogP contribution is -2.64. The second kappa shape index (κ2) is 5.48. The van der Waals surface area contributed by atoms with Crippen molar-refractivity contribution in [2.75, 3.05) is 19.7 Å². The fraction of sp³-hybridized carbons (Fsp3) is 1.00. The number of ether oxygens (including phenoxy) is 1. The fourth-order valence-corrected chi connectivity index (χ4v) is 3.15. The van der Waals surface area contributed by atoms with Crippen LogP contribution in [-0.4, -0.2) is 48.8 Å². The molecule has 1 N–H and O–H groups in total. The molecular weight excluding hydrogens is 224 g/mol. The molecule has 1 aliphatic heterocycles. The van der Waals surface area contributed by atoms with Gasteiger partial charge in [-0.3, -0.25) is 4.90 Å². The molecule has 0 bridgehead atoms. The van der Waals surface area contributed by atoms with Gasteiger partial charge in [0.2, 0.25) is 0 Å². The Bertz CT molecular complexity index is 268. The maximum absolute atomic E-state index is 5.69. The molecule has 2 unspecified atom stereocenters. The molecule has 2 fully saturated rings. The number of hydrogen-bond donors (Lipinski definition) is 1. The molecule has 1 saturated carbocycles. The van der Waals surface area contributed by atoms with Gasteiger partial charge in [0.1, 0.15) is 0 Å². The van der Waals surface area contributed by atoms with E-state index in [2.05, 4.69) is 44.8 Å². The molecule has 1 saturated heterocycles. The Hall–Kier alpha value is -0.120. The van der Waals surface area contributed by atoms with Gasteiger partial charge in [-0.05, 0) is 32.1 Å². The zero-order valence-corrected chi connectivity index (χ0v) is 12.7. The van der Waals surface area contributed by atoms with Crippen molar-refractivity contribution in [1.29, 1.82) is 0 Å². The van der Waals surface area contributed by atoms with E-state index in [-0.39, 0.29) is 0 Å². The lowest BCUT2D eigenvalue weighted by molar-refractivity contribution is -0.0690.